The van der Waals surface area contributed by atoms with Crippen molar-refractivity contribution >= 4 is 11.6 Å². The zero-order chi connectivity index (χ0) is 19.4. The topological polar surface area (TPSA) is 50.2 Å². The maximum atomic E-state index is 9.61. The van der Waals surface area contributed by atoms with Crippen molar-refractivity contribution in [3.63, 3.8) is 0 Å². The summed E-state index contributed by atoms with van der Waals surface area (Å²) in [5.41, 5.74) is 1.12. The Hall–Kier alpha value is -0.850. The summed E-state index contributed by atoms with van der Waals surface area (Å²) in [7, 11) is 0. The standard InChI is InChI=1S/C21H34ClN3O2/c1-16(2)24-8-5-18(6-9-24)25-11-10-23(15-19(25)7-12-26)14-17-3-4-21(27)20(22)13-17/h3-4,13,16,18-19,26-27H,5-12,14-15H2,1-2H3/t19-/m0/s1. The van der Waals surface area contributed by atoms with Gasteiger partial charge in [0.15, 0.2) is 0 Å². The van der Waals surface area contributed by atoms with Gasteiger partial charge in [-0.2, -0.15) is 0 Å². The monoisotopic (exact) mass is 395 g/mol. The Labute approximate surface area is 168 Å². The number of phenolic OH excluding ortho intramolecular Hbond substituents is 1. The van der Waals surface area contributed by atoms with Crippen LogP contribution in [0.4, 0.5) is 0 Å². The number of piperidine rings is 1. The highest BCUT2D eigenvalue weighted by molar-refractivity contribution is 6.32. The molecule has 2 aliphatic rings. The minimum Gasteiger partial charge on any atom is -0.506 e. The van der Waals surface area contributed by atoms with Gasteiger partial charge in [-0.25, -0.2) is 0 Å². The average molecular weight is 396 g/mol. The maximum absolute atomic E-state index is 9.61. The van der Waals surface area contributed by atoms with Gasteiger partial charge in [-0.3, -0.25) is 9.80 Å². The number of rotatable bonds is 6. The Morgan fingerprint density at radius 3 is 2.52 bits per heavy atom. The lowest BCUT2D eigenvalue weighted by Crippen LogP contribution is -2.58. The van der Waals surface area contributed by atoms with Crippen LogP contribution in [-0.4, -0.2) is 82.4 Å². The quantitative estimate of drug-likeness (QED) is 0.775. The summed E-state index contributed by atoms with van der Waals surface area (Å²) < 4.78 is 0. The van der Waals surface area contributed by atoms with Crippen LogP contribution in [0.15, 0.2) is 18.2 Å². The van der Waals surface area contributed by atoms with Gasteiger partial charge in [0.2, 0.25) is 0 Å². The second-order valence-electron chi connectivity index (χ2n) is 8.29. The highest BCUT2D eigenvalue weighted by atomic mass is 35.5. The highest BCUT2D eigenvalue weighted by Crippen LogP contribution is 2.27. The molecule has 0 bridgehead atoms. The van der Waals surface area contributed by atoms with Gasteiger partial charge in [0, 0.05) is 50.9 Å². The maximum Gasteiger partial charge on any atom is 0.134 e. The molecule has 2 N–H and O–H groups in total. The fourth-order valence-electron chi connectivity index (χ4n) is 4.60. The SMILES string of the molecule is CC(C)N1CCC(N2CCN(Cc3ccc(O)c(Cl)c3)C[C@@H]2CCO)CC1. The molecular weight excluding hydrogens is 362 g/mol. The van der Waals surface area contributed by atoms with Gasteiger partial charge in [-0.1, -0.05) is 17.7 Å². The summed E-state index contributed by atoms with van der Waals surface area (Å²) in [6.45, 7) is 11.1. The Kier molecular flexibility index (Phi) is 7.40. The fourth-order valence-corrected chi connectivity index (χ4v) is 4.81. The predicted molar refractivity (Wildman–Crippen MR) is 110 cm³/mol. The second kappa shape index (κ2) is 9.57. The predicted octanol–water partition coefficient (Wildman–Crippen LogP) is 2.79. The summed E-state index contributed by atoms with van der Waals surface area (Å²) in [4.78, 5) is 7.68. The molecule has 152 valence electrons. The van der Waals surface area contributed by atoms with E-state index in [1.807, 2.05) is 12.1 Å². The lowest BCUT2D eigenvalue weighted by molar-refractivity contribution is -0.0000322. The van der Waals surface area contributed by atoms with Crippen molar-refractivity contribution in [3.8, 4) is 5.75 Å². The molecule has 3 rings (SSSR count). The third kappa shape index (κ3) is 5.36. The van der Waals surface area contributed by atoms with Crippen LogP contribution in [0.25, 0.3) is 0 Å². The van der Waals surface area contributed by atoms with Gasteiger partial charge in [0.1, 0.15) is 5.75 Å². The van der Waals surface area contributed by atoms with Crippen molar-refractivity contribution in [1.82, 2.24) is 14.7 Å². The minimum absolute atomic E-state index is 0.135. The van der Waals surface area contributed by atoms with E-state index < -0.39 is 0 Å². The zero-order valence-electron chi connectivity index (χ0n) is 16.6. The Morgan fingerprint density at radius 1 is 1.15 bits per heavy atom. The van der Waals surface area contributed by atoms with Crippen LogP contribution in [0.5, 0.6) is 5.75 Å². The van der Waals surface area contributed by atoms with Gasteiger partial charge >= 0.3 is 0 Å². The first-order valence-corrected chi connectivity index (χ1v) is 10.7. The van der Waals surface area contributed by atoms with E-state index in [9.17, 15) is 10.2 Å². The molecule has 5 nitrogen and oxygen atoms in total. The molecule has 0 radical (unpaired) electrons. The Balaban J connectivity index is 1.59. The van der Waals surface area contributed by atoms with Gasteiger partial charge in [-0.05, 0) is 63.9 Å². The number of phenols is 1. The molecule has 1 atom stereocenters. The number of benzene rings is 1. The number of piperazine rings is 1. The molecule has 0 spiro atoms. The molecule has 1 aromatic rings. The van der Waals surface area contributed by atoms with Gasteiger partial charge in [0.05, 0.1) is 5.02 Å². The number of hydrogen-bond acceptors (Lipinski definition) is 5. The van der Waals surface area contributed by atoms with Crippen LogP contribution >= 0.6 is 11.6 Å². The van der Waals surface area contributed by atoms with E-state index in [0.29, 0.717) is 23.1 Å². The van der Waals surface area contributed by atoms with Crippen molar-refractivity contribution < 1.29 is 10.2 Å². The van der Waals surface area contributed by atoms with E-state index >= 15 is 0 Å². The van der Waals surface area contributed by atoms with Crippen LogP contribution in [0.2, 0.25) is 5.02 Å². The second-order valence-corrected chi connectivity index (χ2v) is 8.69. The van der Waals surface area contributed by atoms with Crippen molar-refractivity contribution in [2.75, 3.05) is 39.3 Å². The Morgan fingerprint density at radius 2 is 1.89 bits per heavy atom. The van der Waals surface area contributed by atoms with Crippen LogP contribution in [0.1, 0.15) is 38.7 Å². The van der Waals surface area contributed by atoms with E-state index in [1.54, 1.807) is 6.07 Å². The molecule has 1 aromatic carbocycles. The molecule has 2 aliphatic heterocycles. The van der Waals surface area contributed by atoms with E-state index in [-0.39, 0.29) is 12.4 Å². The van der Waals surface area contributed by atoms with E-state index in [1.165, 1.54) is 25.9 Å². The molecule has 0 amide bonds. The zero-order valence-corrected chi connectivity index (χ0v) is 17.4. The molecule has 6 heteroatoms. The molecule has 27 heavy (non-hydrogen) atoms. The molecule has 2 saturated heterocycles. The first-order chi connectivity index (χ1) is 13.0. The molecule has 0 saturated carbocycles. The van der Waals surface area contributed by atoms with Crippen LogP contribution < -0.4 is 0 Å². The largest absolute Gasteiger partial charge is 0.506 e. The smallest absolute Gasteiger partial charge is 0.134 e. The summed E-state index contributed by atoms with van der Waals surface area (Å²) >= 11 is 6.05. The average Bonchev–Trinajstić information content (AvgIpc) is 2.65. The van der Waals surface area contributed by atoms with Crippen LogP contribution in [0, 0.1) is 0 Å². The normalized spacial score (nSPS) is 24.0. The third-order valence-corrected chi connectivity index (χ3v) is 6.49. The van der Waals surface area contributed by atoms with Crippen molar-refractivity contribution in [2.45, 2.75) is 57.8 Å². The van der Waals surface area contributed by atoms with E-state index in [0.717, 1.165) is 38.2 Å². The first-order valence-electron chi connectivity index (χ1n) is 10.3. The number of aliphatic hydroxyl groups is 1. The molecule has 2 fully saturated rings. The molecule has 0 aromatic heterocycles. The summed E-state index contributed by atoms with van der Waals surface area (Å²) in [6.07, 6.45) is 3.29. The number of nitrogens with zero attached hydrogens (tertiary/aromatic N) is 3. The number of hydrogen-bond donors (Lipinski definition) is 2. The summed E-state index contributed by atoms with van der Waals surface area (Å²) in [6, 6.07) is 7.14. The van der Waals surface area contributed by atoms with Crippen LogP contribution in [0.3, 0.4) is 0 Å². The van der Waals surface area contributed by atoms with Gasteiger partial charge in [0.25, 0.3) is 0 Å². The minimum atomic E-state index is 0.135. The van der Waals surface area contributed by atoms with Gasteiger partial charge in [-0.15, -0.1) is 0 Å². The van der Waals surface area contributed by atoms with Crippen molar-refractivity contribution in [1.29, 1.82) is 0 Å². The fraction of sp³-hybridized carbons (Fsp3) is 0.714. The number of aromatic hydroxyl groups is 1. The molecule has 0 unspecified atom stereocenters. The lowest BCUT2D eigenvalue weighted by Gasteiger charge is -2.48. The van der Waals surface area contributed by atoms with Crippen molar-refractivity contribution in [3.05, 3.63) is 28.8 Å². The number of aliphatic hydroxyl groups excluding tert-OH is 1. The number of halogens is 1. The summed E-state index contributed by atoms with van der Waals surface area (Å²) in [5, 5.41) is 19.6. The number of likely N-dealkylation sites (tertiary alicyclic amines) is 1. The third-order valence-electron chi connectivity index (χ3n) is 6.19. The molecular formula is C21H34ClN3O2. The van der Waals surface area contributed by atoms with E-state index in [4.69, 9.17) is 11.6 Å². The lowest BCUT2D eigenvalue weighted by atomic mass is 9.97. The van der Waals surface area contributed by atoms with Crippen molar-refractivity contribution in [2.24, 2.45) is 0 Å². The van der Waals surface area contributed by atoms with Crippen LogP contribution in [-0.2, 0) is 6.54 Å². The Bertz CT molecular complexity index is 605. The molecule has 2 heterocycles. The molecule has 0 aliphatic carbocycles. The van der Waals surface area contributed by atoms with E-state index in [2.05, 4.69) is 28.5 Å². The van der Waals surface area contributed by atoms with Gasteiger partial charge < -0.3 is 15.1 Å². The summed E-state index contributed by atoms with van der Waals surface area (Å²) in [5.74, 6) is 0.135. The first kappa shape index (κ1) is 20.9. The highest BCUT2D eigenvalue weighted by Gasteiger charge is 2.33.